The van der Waals surface area contributed by atoms with Crippen LogP contribution >= 0.6 is 21.4 Å². The zero-order valence-electron chi connectivity index (χ0n) is 8.39. The number of halogens is 2. The van der Waals surface area contributed by atoms with Crippen molar-refractivity contribution in [2.75, 3.05) is 0 Å². The van der Waals surface area contributed by atoms with Gasteiger partial charge in [0.1, 0.15) is 0 Å². The molecule has 0 aliphatic carbocycles. The Labute approximate surface area is 103 Å². The van der Waals surface area contributed by atoms with Gasteiger partial charge in [-0.15, -0.1) is 0 Å². The number of fused-ring (bicyclic) bond motifs is 1. The second-order valence-electron chi connectivity index (χ2n) is 3.08. The molecule has 0 amide bonds. The molecule has 0 bridgehead atoms. The molecule has 0 fully saturated rings. The SMILES string of the molecule is Cc1ccc2cccnc2c1.O=S(=O)(Cl)Cl. The summed E-state index contributed by atoms with van der Waals surface area (Å²) < 4.78 is 18.3. The summed E-state index contributed by atoms with van der Waals surface area (Å²) in [4.78, 5) is 4.24. The summed E-state index contributed by atoms with van der Waals surface area (Å²) in [6.07, 6.45) is 1.82. The molecule has 0 aliphatic heterocycles. The van der Waals surface area contributed by atoms with Gasteiger partial charge < -0.3 is 0 Å². The molecule has 6 heteroatoms. The quantitative estimate of drug-likeness (QED) is 0.695. The molecule has 2 rings (SSSR count). The van der Waals surface area contributed by atoms with Crippen LogP contribution in [-0.4, -0.2) is 13.4 Å². The smallest absolute Gasteiger partial charge is 0.256 e. The Morgan fingerprint density at radius 1 is 1.19 bits per heavy atom. The third-order valence-corrected chi connectivity index (χ3v) is 1.76. The van der Waals surface area contributed by atoms with E-state index in [2.05, 4.69) is 57.5 Å². The molecule has 0 aliphatic rings. The lowest BCUT2D eigenvalue weighted by Gasteiger charge is -1.95. The molecule has 0 spiro atoms. The summed E-state index contributed by atoms with van der Waals surface area (Å²) in [5.41, 5.74) is 2.34. The first kappa shape index (κ1) is 13.2. The van der Waals surface area contributed by atoms with Crippen LogP contribution in [0.4, 0.5) is 0 Å². The number of aryl methyl sites for hydroxylation is 1. The number of benzene rings is 1. The minimum atomic E-state index is -3.72. The zero-order chi connectivity index (χ0) is 12.2. The van der Waals surface area contributed by atoms with Crippen LogP contribution in [0.3, 0.4) is 0 Å². The minimum absolute atomic E-state index is 1.08. The number of nitrogens with zero attached hydrogens (tertiary/aromatic N) is 1. The molecule has 1 aromatic heterocycles. The van der Waals surface area contributed by atoms with Gasteiger partial charge in [-0.25, -0.2) is 0 Å². The molecule has 1 aromatic carbocycles. The molecule has 1 heterocycles. The Morgan fingerprint density at radius 2 is 1.81 bits per heavy atom. The lowest BCUT2D eigenvalue weighted by atomic mass is 10.1. The van der Waals surface area contributed by atoms with Crippen molar-refractivity contribution >= 4 is 40.5 Å². The van der Waals surface area contributed by atoms with Crippen LogP contribution in [-0.2, 0) is 8.26 Å². The lowest BCUT2D eigenvalue weighted by Crippen LogP contribution is -1.77. The predicted octanol–water partition coefficient (Wildman–Crippen LogP) is 3.25. The van der Waals surface area contributed by atoms with Crippen LogP contribution in [0.25, 0.3) is 10.9 Å². The van der Waals surface area contributed by atoms with E-state index in [0.29, 0.717) is 0 Å². The highest BCUT2D eigenvalue weighted by Crippen LogP contribution is 2.11. The maximum Gasteiger partial charge on any atom is 0.317 e. The van der Waals surface area contributed by atoms with Crippen molar-refractivity contribution in [3.8, 4) is 0 Å². The summed E-state index contributed by atoms with van der Waals surface area (Å²) in [5, 5.41) is 1.21. The maximum absolute atomic E-state index is 9.16. The molecule has 86 valence electrons. The van der Waals surface area contributed by atoms with E-state index in [-0.39, 0.29) is 0 Å². The Morgan fingerprint density at radius 3 is 2.44 bits per heavy atom. The summed E-state index contributed by atoms with van der Waals surface area (Å²) in [6.45, 7) is 2.08. The van der Waals surface area contributed by atoms with Crippen molar-refractivity contribution in [2.45, 2.75) is 6.92 Å². The van der Waals surface area contributed by atoms with E-state index < -0.39 is 8.26 Å². The Kier molecular flexibility index (Phi) is 4.53. The van der Waals surface area contributed by atoms with E-state index in [1.54, 1.807) is 0 Å². The summed E-state index contributed by atoms with van der Waals surface area (Å²) in [7, 11) is 4.81. The standard InChI is InChI=1S/C10H9N.Cl2O2S/c1-8-4-5-9-3-2-6-11-10(9)7-8;1-5(2,3)4/h2-7H,1H3;. The van der Waals surface area contributed by atoms with Crippen molar-refractivity contribution in [1.82, 2.24) is 4.98 Å². The lowest BCUT2D eigenvalue weighted by molar-refractivity contribution is 0.621. The van der Waals surface area contributed by atoms with Gasteiger partial charge in [-0.2, -0.15) is 8.42 Å². The molecule has 16 heavy (non-hydrogen) atoms. The van der Waals surface area contributed by atoms with E-state index in [1.165, 1.54) is 10.9 Å². The van der Waals surface area contributed by atoms with Crippen molar-refractivity contribution in [1.29, 1.82) is 0 Å². The average Bonchev–Trinajstić information content (AvgIpc) is 2.15. The Hall–Kier alpha value is -0.840. The van der Waals surface area contributed by atoms with E-state index in [4.69, 9.17) is 8.42 Å². The van der Waals surface area contributed by atoms with Gasteiger partial charge in [-0.3, -0.25) is 4.98 Å². The molecule has 0 N–H and O–H groups in total. The van der Waals surface area contributed by atoms with Gasteiger partial charge in [-0.05, 0) is 24.6 Å². The maximum atomic E-state index is 9.16. The van der Waals surface area contributed by atoms with Gasteiger partial charge >= 0.3 is 8.26 Å². The van der Waals surface area contributed by atoms with Gasteiger partial charge in [0.15, 0.2) is 0 Å². The fourth-order valence-corrected chi connectivity index (χ4v) is 1.18. The number of pyridine rings is 1. The van der Waals surface area contributed by atoms with Crippen LogP contribution in [0.5, 0.6) is 0 Å². The number of aromatic nitrogens is 1. The molecule has 3 nitrogen and oxygen atoms in total. The van der Waals surface area contributed by atoms with Crippen molar-refractivity contribution in [2.24, 2.45) is 0 Å². The van der Waals surface area contributed by atoms with Crippen molar-refractivity contribution < 1.29 is 8.42 Å². The van der Waals surface area contributed by atoms with E-state index in [0.717, 1.165) is 5.52 Å². The zero-order valence-corrected chi connectivity index (χ0v) is 10.7. The van der Waals surface area contributed by atoms with Crippen LogP contribution in [0.15, 0.2) is 36.5 Å². The van der Waals surface area contributed by atoms with Gasteiger partial charge in [0, 0.05) is 32.9 Å². The van der Waals surface area contributed by atoms with Gasteiger partial charge in [-0.1, -0.05) is 18.2 Å². The Bertz CT molecular complexity index is 576. The number of hydrogen-bond acceptors (Lipinski definition) is 3. The highest BCUT2D eigenvalue weighted by atomic mass is 36.0. The van der Waals surface area contributed by atoms with Crippen LogP contribution in [0.2, 0.25) is 0 Å². The monoisotopic (exact) mass is 277 g/mol. The number of rotatable bonds is 0. The molecule has 0 unspecified atom stereocenters. The molecular weight excluding hydrogens is 269 g/mol. The van der Waals surface area contributed by atoms with Crippen molar-refractivity contribution in [3.63, 3.8) is 0 Å². The molecule has 2 aromatic rings. The fraction of sp³-hybridized carbons (Fsp3) is 0.100. The third-order valence-electron chi connectivity index (χ3n) is 1.76. The number of hydrogen-bond donors (Lipinski definition) is 0. The normalized spacial score (nSPS) is 10.7. The Balaban J connectivity index is 0.000000221. The first-order valence-corrected chi connectivity index (χ1v) is 7.45. The largest absolute Gasteiger partial charge is 0.317 e. The fourth-order valence-electron chi connectivity index (χ4n) is 1.18. The molecule has 0 atom stereocenters. The van der Waals surface area contributed by atoms with Gasteiger partial charge in [0.05, 0.1) is 5.52 Å². The van der Waals surface area contributed by atoms with E-state index >= 15 is 0 Å². The minimum Gasteiger partial charge on any atom is -0.256 e. The van der Waals surface area contributed by atoms with Crippen LogP contribution in [0, 0.1) is 6.92 Å². The van der Waals surface area contributed by atoms with Crippen LogP contribution in [0.1, 0.15) is 5.56 Å². The first-order chi connectivity index (χ1) is 7.36. The summed E-state index contributed by atoms with van der Waals surface area (Å²) >= 11 is 0. The second-order valence-corrected chi connectivity index (χ2v) is 6.75. The van der Waals surface area contributed by atoms with E-state index in [1.807, 2.05) is 12.3 Å². The second kappa shape index (κ2) is 5.48. The molecular formula is C10H9Cl2NO2S. The van der Waals surface area contributed by atoms with E-state index in [9.17, 15) is 0 Å². The molecule has 0 saturated carbocycles. The van der Waals surface area contributed by atoms with Gasteiger partial charge in [0.2, 0.25) is 0 Å². The topological polar surface area (TPSA) is 47.0 Å². The van der Waals surface area contributed by atoms with Gasteiger partial charge in [0.25, 0.3) is 0 Å². The average molecular weight is 278 g/mol. The van der Waals surface area contributed by atoms with Crippen LogP contribution < -0.4 is 0 Å². The highest BCUT2D eigenvalue weighted by Gasteiger charge is 1.91. The summed E-state index contributed by atoms with van der Waals surface area (Å²) in [6, 6.07) is 10.3. The third kappa shape index (κ3) is 5.30. The molecule has 0 radical (unpaired) electrons. The predicted molar refractivity (Wildman–Crippen MR) is 67.1 cm³/mol. The summed E-state index contributed by atoms with van der Waals surface area (Å²) in [5.74, 6) is 0. The molecule has 0 saturated heterocycles. The first-order valence-electron chi connectivity index (χ1n) is 4.32. The highest BCUT2D eigenvalue weighted by molar-refractivity contribution is 8.31. The van der Waals surface area contributed by atoms with Crippen molar-refractivity contribution in [3.05, 3.63) is 42.1 Å².